The Morgan fingerprint density at radius 3 is 2.70 bits per heavy atom. The van der Waals surface area contributed by atoms with Gasteiger partial charge in [-0.3, -0.25) is 20.4 Å². The fourth-order valence-corrected chi connectivity index (χ4v) is 2.18. The predicted octanol–water partition coefficient (Wildman–Crippen LogP) is 2.65. The molecule has 6 nitrogen and oxygen atoms in total. The minimum Gasteiger partial charge on any atom is -0.507 e. The number of amides is 2. The standard InChI is InChI=1S/C15H12BrClN2O4/c16-9-2-1-3-11(6-9)23-8-14(21)18-19-15(22)12-7-10(17)4-5-13(12)20/h1-7,20H,8H2,(H,18,21)(H,19,22). The molecular formula is C15H12BrClN2O4. The van der Waals surface area contributed by atoms with Gasteiger partial charge in [0.25, 0.3) is 11.8 Å². The first-order valence-corrected chi connectivity index (χ1v) is 7.59. The Kier molecular flexibility index (Phi) is 5.84. The van der Waals surface area contributed by atoms with Crippen molar-refractivity contribution >= 4 is 39.3 Å². The largest absolute Gasteiger partial charge is 0.507 e. The highest BCUT2D eigenvalue weighted by Gasteiger charge is 2.12. The van der Waals surface area contributed by atoms with Gasteiger partial charge in [-0.15, -0.1) is 0 Å². The quantitative estimate of drug-likeness (QED) is 0.690. The van der Waals surface area contributed by atoms with Crippen LogP contribution in [-0.4, -0.2) is 23.5 Å². The summed E-state index contributed by atoms with van der Waals surface area (Å²) in [6.07, 6.45) is 0. The summed E-state index contributed by atoms with van der Waals surface area (Å²) in [5.74, 6) is -0.986. The monoisotopic (exact) mass is 398 g/mol. The third-order valence-electron chi connectivity index (χ3n) is 2.68. The number of phenols is 1. The zero-order chi connectivity index (χ0) is 16.8. The predicted molar refractivity (Wildman–Crippen MR) is 88.4 cm³/mol. The van der Waals surface area contributed by atoms with Gasteiger partial charge in [0.2, 0.25) is 0 Å². The van der Waals surface area contributed by atoms with Crippen molar-refractivity contribution in [3.8, 4) is 11.5 Å². The molecule has 2 aromatic carbocycles. The van der Waals surface area contributed by atoms with Crippen LogP contribution in [0.1, 0.15) is 10.4 Å². The number of carbonyl (C=O) groups is 2. The van der Waals surface area contributed by atoms with Crippen LogP contribution >= 0.6 is 27.5 Å². The smallest absolute Gasteiger partial charge is 0.276 e. The first kappa shape index (κ1) is 17.1. The molecule has 2 amide bonds. The number of rotatable bonds is 4. The maximum Gasteiger partial charge on any atom is 0.276 e. The number of hydrogen-bond donors (Lipinski definition) is 3. The normalized spacial score (nSPS) is 10.0. The average Bonchev–Trinajstić information content (AvgIpc) is 2.53. The molecule has 3 N–H and O–H groups in total. The second-order valence-corrected chi connectivity index (χ2v) is 5.76. The van der Waals surface area contributed by atoms with Crippen LogP contribution in [0.5, 0.6) is 11.5 Å². The molecule has 0 unspecified atom stereocenters. The van der Waals surface area contributed by atoms with E-state index in [4.69, 9.17) is 16.3 Å². The summed E-state index contributed by atoms with van der Waals surface area (Å²) in [5.41, 5.74) is 4.30. The molecule has 0 aromatic heterocycles. The summed E-state index contributed by atoms with van der Waals surface area (Å²) in [6.45, 7) is -0.280. The molecule has 0 atom stereocenters. The fraction of sp³-hybridized carbons (Fsp3) is 0.0667. The number of hydrazine groups is 1. The van der Waals surface area contributed by atoms with Gasteiger partial charge in [0, 0.05) is 9.50 Å². The van der Waals surface area contributed by atoms with Crippen LogP contribution in [0.2, 0.25) is 5.02 Å². The summed E-state index contributed by atoms with van der Waals surface area (Å²) < 4.78 is 6.09. The number of hydrogen-bond acceptors (Lipinski definition) is 4. The summed E-state index contributed by atoms with van der Waals surface area (Å²) in [7, 11) is 0. The van der Waals surface area contributed by atoms with Crippen LogP contribution in [0.25, 0.3) is 0 Å². The molecule has 0 aliphatic carbocycles. The number of phenolic OH excluding ortho intramolecular Hbond substituents is 1. The molecule has 0 bridgehead atoms. The molecular weight excluding hydrogens is 388 g/mol. The molecule has 0 aliphatic heterocycles. The Hall–Kier alpha value is -2.25. The van der Waals surface area contributed by atoms with Gasteiger partial charge in [-0.05, 0) is 36.4 Å². The summed E-state index contributed by atoms with van der Waals surface area (Å²) in [4.78, 5) is 23.5. The molecule has 2 rings (SSSR count). The summed E-state index contributed by atoms with van der Waals surface area (Å²) >= 11 is 9.04. The van der Waals surface area contributed by atoms with Gasteiger partial charge in [-0.2, -0.15) is 0 Å². The number of ether oxygens (including phenoxy) is 1. The molecule has 120 valence electrons. The van der Waals surface area contributed by atoms with Gasteiger partial charge in [-0.25, -0.2) is 0 Å². The number of carbonyl (C=O) groups excluding carboxylic acids is 2. The van der Waals surface area contributed by atoms with Crippen molar-refractivity contribution in [2.75, 3.05) is 6.61 Å². The second-order valence-electron chi connectivity index (χ2n) is 4.41. The lowest BCUT2D eigenvalue weighted by Crippen LogP contribution is -2.43. The van der Waals surface area contributed by atoms with Gasteiger partial charge in [0.05, 0.1) is 5.56 Å². The number of halogens is 2. The van der Waals surface area contributed by atoms with Crippen LogP contribution < -0.4 is 15.6 Å². The van der Waals surface area contributed by atoms with E-state index in [-0.39, 0.29) is 22.9 Å². The third kappa shape index (κ3) is 5.15. The van der Waals surface area contributed by atoms with Crippen molar-refractivity contribution in [1.29, 1.82) is 0 Å². The van der Waals surface area contributed by atoms with Crippen LogP contribution in [0.4, 0.5) is 0 Å². The Morgan fingerprint density at radius 2 is 1.96 bits per heavy atom. The summed E-state index contributed by atoms with van der Waals surface area (Å²) in [6, 6.07) is 11.0. The molecule has 0 radical (unpaired) electrons. The van der Waals surface area contributed by atoms with E-state index in [9.17, 15) is 14.7 Å². The molecule has 0 fully saturated rings. The van der Waals surface area contributed by atoms with E-state index < -0.39 is 11.8 Å². The lowest BCUT2D eigenvalue weighted by Gasteiger charge is -2.10. The molecule has 8 heteroatoms. The lowest BCUT2D eigenvalue weighted by atomic mass is 10.2. The Bertz CT molecular complexity index is 739. The van der Waals surface area contributed by atoms with E-state index >= 15 is 0 Å². The Labute approximate surface area is 145 Å². The molecule has 23 heavy (non-hydrogen) atoms. The Balaban J connectivity index is 1.84. The van der Waals surface area contributed by atoms with Crippen molar-refractivity contribution in [2.45, 2.75) is 0 Å². The maximum atomic E-state index is 11.8. The van der Waals surface area contributed by atoms with E-state index in [1.54, 1.807) is 18.2 Å². The maximum absolute atomic E-state index is 11.8. The molecule has 0 spiro atoms. The van der Waals surface area contributed by atoms with Crippen molar-refractivity contribution in [1.82, 2.24) is 10.9 Å². The summed E-state index contributed by atoms with van der Waals surface area (Å²) in [5, 5.41) is 9.88. The van der Waals surface area contributed by atoms with Crippen molar-refractivity contribution in [3.05, 3.63) is 57.5 Å². The second kappa shape index (κ2) is 7.85. The first-order chi connectivity index (χ1) is 11.0. The zero-order valence-electron chi connectivity index (χ0n) is 11.7. The van der Waals surface area contributed by atoms with Crippen LogP contribution in [-0.2, 0) is 4.79 Å². The number of aromatic hydroxyl groups is 1. The lowest BCUT2D eigenvalue weighted by molar-refractivity contribution is -0.123. The minimum absolute atomic E-state index is 0.0503. The molecule has 0 saturated carbocycles. The van der Waals surface area contributed by atoms with Crippen molar-refractivity contribution in [2.24, 2.45) is 0 Å². The van der Waals surface area contributed by atoms with E-state index in [0.29, 0.717) is 5.75 Å². The first-order valence-electron chi connectivity index (χ1n) is 6.42. The van der Waals surface area contributed by atoms with E-state index in [2.05, 4.69) is 26.8 Å². The Morgan fingerprint density at radius 1 is 1.17 bits per heavy atom. The van der Waals surface area contributed by atoms with E-state index in [0.717, 1.165) is 4.47 Å². The average molecular weight is 400 g/mol. The van der Waals surface area contributed by atoms with Gasteiger partial charge >= 0.3 is 0 Å². The van der Waals surface area contributed by atoms with Gasteiger partial charge in [0.1, 0.15) is 11.5 Å². The van der Waals surface area contributed by atoms with Gasteiger partial charge in [-0.1, -0.05) is 33.6 Å². The number of nitrogens with one attached hydrogen (secondary N) is 2. The molecule has 0 heterocycles. The minimum atomic E-state index is -0.694. The van der Waals surface area contributed by atoms with Crippen LogP contribution in [0.3, 0.4) is 0 Å². The highest BCUT2D eigenvalue weighted by Crippen LogP contribution is 2.21. The molecule has 0 aliphatic rings. The van der Waals surface area contributed by atoms with Gasteiger partial charge < -0.3 is 9.84 Å². The third-order valence-corrected chi connectivity index (χ3v) is 3.41. The van der Waals surface area contributed by atoms with Gasteiger partial charge in [0.15, 0.2) is 6.61 Å². The van der Waals surface area contributed by atoms with Crippen molar-refractivity contribution < 1.29 is 19.4 Å². The highest BCUT2D eigenvalue weighted by atomic mass is 79.9. The van der Waals surface area contributed by atoms with Crippen LogP contribution in [0, 0.1) is 0 Å². The SMILES string of the molecule is O=C(COc1cccc(Br)c1)NNC(=O)c1cc(Cl)ccc1O. The van der Waals surface area contributed by atoms with E-state index in [1.165, 1.54) is 18.2 Å². The molecule has 2 aromatic rings. The number of benzene rings is 2. The molecule has 0 saturated heterocycles. The highest BCUT2D eigenvalue weighted by molar-refractivity contribution is 9.10. The van der Waals surface area contributed by atoms with E-state index in [1.807, 2.05) is 6.07 Å². The van der Waals surface area contributed by atoms with Crippen LogP contribution in [0.15, 0.2) is 46.9 Å². The fourth-order valence-electron chi connectivity index (χ4n) is 1.63. The van der Waals surface area contributed by atoms with Crippen molar-refractivity contribution in [3.63, 3.8) is 0 Å². The zero-order valence-corrected chi connectivity index (χ0v) is 14.0. The topological polar surface area (TPSA) is 87.7 Å².